The highest BCUT2D eigenvalue weighted by Crippen LogP contribution is 2.54. The monoisotopic (exact) mass is 574 g/mol. The van der Waals surface area contributed by atoms with E-state index in [2.05, 4.69) is 149 Å². The van der Waals surface area contributed by atoms with Crippen LogP contribution in [0.1, 0.15) is 94.2 Å². The fraction of sp³-hybridized carbons (Fsp3) is 0.769. The van der Waals surface area contributed by atoms with Crippen LogP contribution in [0.5, 0.6) is 0 Å². The predicted octanol–water partition coefficient (Wildman–Crippen LogP) is 9.04. The molecule has 0 N–H and O–H groups in total. The van der Waals surface area contributed by atoms with Gasteiger partial charge in [-0.05, 0) is 32.0 Å². The highest BCUT2D eigenvalue weighted by atomic mass is 127. The van der Waals surface area contributed by atoms with Gasteiger partial charge >= 0.3 is 0 Å². The molecule has 30 heavy (non-hydrogen) atoms. The van der Waals surface area contributed by atoms with E-state index < -0.39 is 19.8 Å². The molecule has 0 aliphatic heterocycles. The van der Waals surface area contributed by atoms with Crippen molar-refractivity contribution in [2.75, 3.05) is 0 Å². The predicted molar refractivity (Wildman–Crippen MR) is 158 cm³/mol. The van der Waals surface area contributed by atoms with Gasteiger partial charge in [0, 0.05) is 0 Å². The molecule has 0 bridgehead atoms. The van der Waals surface area contributed by atoms with Crippen LogP contribution in [-0.4, -0.2) is 19.8 Å². The summed E-state index contributed by atoms with van der Waals surface area (Å²) in [6.07, 6.45) is 0. The van der Waals surface area contributed by atoms with Crippen LogP contribution in [0.15, 0.2) is 18.2 Å². The van der Waals surface area contributed by atoms with Gasteiger partial charge in [0.2, 0.25) is 0 Å². The maximum absolute atomic E-state index is 3.13. The molecule has 1 rings (SSSR count). The van der Waals surface area contributed by atoms with Crippen LogP contribution in [0.4, 0.5) is 0 Å². The van der Waals surface area contributed by atoms with Crippen LogP contribution in [0.2, 0.25) is 36.3 Å². The van der Waals surface area contributed by atoms with Crippen LogP contribution >= 0.6 is 21.8 Å². The Labute approximate surface area is 205 Å². The maximum atomic E-state index is 3.13. The molecule has 0 saturated heterocycles. The van der Waals surface area contributed by atoms with Gasteiger partial charge < -0.3 is 0 Å². The molecular weight excluding hydrogens is 523 g/mol. The summed E-state index contributed by atoms with van der Waals surface area (Å²) in [7, 11) is -3.24. The second-order valence-corrected chi connectivity index (χ2v) is 50.6. The standard InChI is InChI=1S/C26H51ISi3/c1-23(2,3)20-17-21(24(4,5)6)19-22(18-20)30(27,28(13,14)25(7,8)9)29(15,16)26(10,11)12/h17-19H,1-16H3. The minimum absolute atomic E-state index is 0.169. The van der Waals surface area contributed by atoms with Crippen LogP contribution in [0.25, 0.3) is 0 Å². The van der Waals surface area contributed by atoms with Crippen molar-refractivity contribution in [3.05, 3.63) is 29.3 Å². The van der Waals surface area contributed by atoms with Gasteiger partial charge in [-0.2, -0.15) is 0 Å². The Morgan fingerprint density at radius 2 is 0.800 bits per heavy atom. The summed E-state index contributed by atoms with van der Waals surface area (Å²) in [4.78, 5) is 0. The molecule has 0 saturated carbocycles. The van der Waals surface area contributed by atoms with Crippen molar-refractivity contribution in [3.8, 4) is 0 Å². The molecule has 0 fully saturated rings. The Balaban J connectivity index is 4.20. The second-order valence-electron chi connectivity index (χ2n) is 14.7. The van der Waals surface area contributed by atoms with Gasteiger partial charge in [-0.25, -0.2) is 0 Å². The van der Waals surface area contributed by atoms with Gasteiger partial charge in [0.25, 0.3) is 0 Å². The van der Waals surface area contributed by atoms with Crippen LogP contribution in [-0.2, 0) is 10.8 Å². The highest BCUT2D eigenvalue weighted by molar-refractivity contribution is 14.1. The average Bonchev–Trinajstić information content (AvgIpc) is 2.49. The quantitative estimate of drug-likeness (QED) is 0.192. The van der Waals surface area contributed by atoms with Gasteiger partial charge in [-0.15, -0.1) is 21.8 Å². The summed E-state index contributed by atoms with van der Waals surface area (Å²) in [6, 6.07) is 7.83. The van der Waals surface area contributed by atoms with Gasteiger partial charge in [0.05, 0.1) is 15.2 Å². The zero-order chi connectivity index (χ0) is 24.4. The van der Waals surface area contributed by atoms with E-state index in [1.165, 1.54) is 11.1 Å². The fourth-order valence-corrected chi connectivity index (χ4v) is 62.4. The lowest BCUT2D eigenvalue weighted by Gasteiger charge is -2.59. The molecule has 0 aromatic heterocycles. The zero-order valence-electron chi connectivity index (χ0n) is 23.1. The molecule has 0 atom stereocenters. The van der Waals surface area contributed by atoms with Gasteiger partial charge in [0.15, 0.2) is 0 Å². The smallest absolute Gasteiger partial charge is 0.120 e. The zero-order valence-corrected chi connectivity index (χ0v) is 28.3. The van der Waals surface area contributed by atoms with Crippen molar-refractivity contribution in [3.63, 3.8) is 0 Å². The molecule has 4 heteroatoms. The minimum atomic E-state index is -1.82. The van der Waals surface area contributed by atoms with E-state index in [0.717, 1.165) is 0 Å². The van der Waals surface area contributed by atoms with Crippen LogP contribution in [0, 0.1) is 0 Å². The molecule has 0 radical (unpaired) electrons. The van der Waals surface area contributed by atoms with E-state index in [0.29, 0.717) is 10.1 Å². The number of hydrogen-bond donors (Lipinski definition) is 0. The maximum Gasteiger partial charge on any atom is 0.139 e. The Morgan fingerprint density at radius 1 is 0.533 bits per heavy atom. The van der Waals surface area contributed by atoms with Crippen molar-refractivity contribution in [1.29, 1.82) is 0 Å². The molecule has 0 aliphatic rings. The largest absolute Gasteiger partial charge is 0.139 e. The number of rotatable bonds is 3. The second kappa shape index (κ2) is 8.12. The minimum Gasteiger partial charge on any atom is -0.120 e. The molecule has 0 amide bonds. The topological polar surface area (TPSA) is 0 Å². The molecule has 0 spiro atoms. The summed E-state index contributed by atoms with van der Waals surface area (Å²) >= 11 is 3.13. The Bertz CT molecular complexity index is 705. The molecule has 1 aromatic carbocycles. The van der Waals surface area contributed by atoms with E-state index in [1.54, 1.807) is 5.19 Å². The first-order valence-electron chi connectivity index (χ1n) is 11.7. The van der Waals surface area contributed by atoms with E-state index in [9.17, 15) is 0 Å². The first-order valence-corrected chi connectivity index (χ1v) is 24.8. The molecule has 0 unspecified atom stereocenters. The van der Waals surface area contributed by atoms with Crippen molar-refractivity contribution in [2.24, 2.45) is 0 Å². The molecular formula is C26H51ISi3. The van der Waals surface area contributed by atoms with Gasteiger partial charge in [-0.3, -0.25) is 0 Å². The summed E-state index contributed by atoms with van der Waals surface area (Å²) in [5, 5.41) is 2.52. The Morgan fingerprint density at radius 3 is 1.00 bits per heavy atom. The number of halogens is 1. The molecule has 174 valence electrons. The highest BCUT2D eigenvalue weighted by Gasteiger charge is 2.65. The van der Waals surface area contributed by atoms with E-state index in [1.807, 2.05) is 0 Å². The van der Waals surface area contributed by atoms with E-state index in [4.69, 9.17) is 0 Å². The number of benzene rings is 1. The third-order valence-corrected chi connectivity index (χ3v) is 74.5. The third kappa shape index (κ3) is 4.91. The summed E-state index contributed by atoms with van der Waals surface area (Å²) in [5.74, 6) is 0. The van der Waals surface area contributed by atoms with Crippen molar-refractivity contribution < 1.29 is 0 Å². The third-order valence-electron chi connectivity index (χ3n) is 8.54. The lowest BCUT2D eigenvalue weighted by atomic mass is 9.81. The SMILES string of the molecule is CC(C)(C)c1cc(C(C)(C)C)cc([Si](I)([Si](C)(C)C(C)(C)C)[Si](C)(C)C(C)(C)C)c1. The van der Waals surface area contributed by atoms with Crippen LogP contribution < -0.4 is 5.19 Å². The molecule has 0 nitrogen and oxygen atoms in total. The van der Waals surface area contributed by atoms with E-state index in [-0.39, 0.29) is 10.8 Å². The van der Waals surface area contributed by atoms with Crippen LogP contribution in [0.3, 0.4) is 0 Å². The Hall–Kier alpha value is 0.601. The van der Waals surface area contributed by atoms with Crippen molar-refractivity contribution in [1.82, 2.24) is 0 Å². The van der Waals surface area contributed by atoms with Crippen molar-refractivity contribution in [2.45, 2.75) is 130 Å². The van der Waals surface area contributed by atoms with Crippen molar-refractivity contribution >= 4 is 46.8 Å². The Kier molecular flexibility index (Phi) is 7.75. The normalized spacial score (nSPS) is 15.5. The molecule has 0 aliphatic carbocycles. The summed E-state index contributed by atoms with van der Waals surface area (Å²) < 4.78 is -1.82. The number of hydrogen-bond acceptors (Lipinski definition) is 0. The molecule has 1 aromatic rings. The van der Waals surface area contributed by atoms with E-state index >= 15 is 0 Å². The van der Waals surface area contributed by atoms with Gasteiger partial charge in [-0.1, -0.05) is 133 Å². The molecule has 0 heterocycles. The fourth-order valence-electron chi connectivity index (χ4n) is 4.23. The first-order chi connectivity index (χ1) is 12.8. The average molecular weight is 575 g/mol. The summed E-state index contributed by atoms with van der Waals surface area (Å²) in [6.45, 7) is 40.4. The van der Waals surface area contributed by atoms with Gasteiger partial charge in [0.1, 0.15) is 4.61 Å². The lowest BCUT2D eigenvalue weighted by molar-refractivity contribution is 0.569. The first kappa shape index (κ1) is 28.6. The lowest BCUT2D eigenvalue weighted by Crippen LogP contribution is -2.80. The summed E-state index contributed by atoms with van der Waals surface area (Å²) in [5.41, 5.74) is 3.39.